The van der Waals surface area contributed by atoms with Gasteiger partial charge in [-0.05, 0) is 24.5 Å². The largest absolute Gasteiger partial charge is 0.372 e. The minimum absolute atomic E-state index is 0.0377. The molecule has 1 fully saturated rings. The average Bonchev–Trinajstić information content (AvgIpc) is 2.47. The monoisotopic (exact) mass is 294 g/mol. The lowest BCUT2D eigenvalue weighted by Crippen LogP contribution is -2.53. The Morgan fingerprint density at radius 3 is 2.95 bits per heavy atom. The van der Waals surface area contributed by atoms with E-state index in [0.29, 0.717) is 6.54 Å². The number of hydrogen-bond acceptors (Lipinski definition) is 5. The molecule has 2 unspecified atom stereocenters. The molecule has 1 saturated heterocycles. The van der Waals surface area contributed by atoms with Gasteiger partial charge in [-0.3, -0.25) is 9.59 Å². The van der Waals surface area contributed by atoms with Crippen molar-refractivity contribution in [2.75, 3.05) is 25.2 Å². The molecule has 0 bridgehead atoms. The van der Waals surface area contributed by atoms with Gasteiger partial charge >= 0.3 is 0 Å². The van der Waals surface area contributed by atoms with Crippen LogP contribution in [0.25, 0.3) is 0 Å². The molecule has 108 valence electrons. The minimum atomic E-state index is -0.494. The third kappa shape index (κ3) is 3.59. The highest BCUT2D eigenvalue weighted by Crippen LogP contribution is 2.19. The number of piperidine rings is 1. The maximum Gasteiger partial charge on any atom is 0.241 e. The molecule has 6 heteroatoms. The molecule has 20 heavy (non-hydrogen) atoms. The van der Waals surface area contributed by atoms with Gasteiger partial charge in [-0.1, -0.05) is 6.07 Å². The van der Waals surface area contributed by atoms with Gasteiger partial charge in [0, 0.05) is 30.7 Å². The number of rotatable bonds is 4. The minimum Gasteiger partial charge on any atom is -0.372 e. The zero-order chi connectivity index (χ0) is 14.5. The molecule has 0 aliphatic carbocycles. The molecule has 5 nitrogen and oxygen atoms in total. The van der Waals surface area contributed by atoms with Crippen molar-refractivity contribution in [3.05, 3.63) is 24.3 Å². The number of benzene rings is 1. The molecule has 2 N–H and O–H groups in total. The highest BCUT2D eigenvalue weighted by atomic mass is 32.2. The van der Waals surface area contributed by atoms with Crippen molar-refractivity contribution >= 4 is 29.1 Å². The van der Waals surface area contributed by atoms with Crippen LogP contribution in [-0.4, -0.2) is 43.7 Å². The molecule has 0 aromatic heterocycles. The van der Waals surface area contributed by atoms with Gasteiger partial charge in [0.25, 0.3) is 0 Å². The van der Waals surface area contributed by atoms with Gasteiger partial charge in [0.15, 0.2) is 5.78 Å². The van der Waals surface area contributed by atoms with Crippen LogP contribution in [0.5, 0.6) is 0 Å². The van der Waals surface area contributed by atoms with Crippen molar-refractivity contribution in [2.45, 2.75) is 23.5 Å². The zero-order valence-corrected chi connectivity index (χ0v) is 12.3. The Bertz CT molecular complexity index is 507. The Balaban J connectivity index is 1.96. The average molecular weight is 294 g/mol. The summed E-state index contributed by atoms with van der Waals surface area (Å²) in [6, 6.07) is 7.12. The van der Waals surface area contributed by atoms with Gasteiger partial charge in [-0.15, -0.1) is 11.8 Å². The third-order valence-electron chi connectivity index (χ3n) is 3.25. The third-order valence-corrected chi connectivity index (χ3v) is 3.98. The quantitative estimate of drug-likeness (QED) is 0.819. The van der Waals surface area contributed by atoms with Crippen LogP contribution in [0.3, 0.4) is 0 Å². The summed E-state index contributed by atoms with van der Waals surface area (Å²) in [6.45, 7) is 0.373. The van der Waals surface area contributed by atoms with Crippen LogP contribution >= 0.6 is 11.8 Å². The van der Waals surface area contributed by atoms with Crippen LogP contribution in [0.15, 0.2) is 29.2 Å². The standard InChI is InChI=1S/C14H18N2O3S/c1-19-13-8-15-11(7-12(13)17)14(18)16-9-4-3-5-10(6-9)20-2/h3-6,11,13,15H,7-8H2,1-2H3,(H,16,18). The van der Waals surface area contributed by atoms with Gasteiger partial charge in [0.05, 0.1) is 6.04 Å². The number of ketones is 1. The van der Waals surface area contributed by atoms with Gasteiger partial charge in [0.1, 0.15) is 6.10 Å². The maximum atomic E-state index is 12.1. The lowest BCUT2D eigenvalue weighted by Gasteiger charge is -2.27. The number of carbonyl (C=O) groups excluding carboxylic acids is 2. The summed E-state index contributed by atoms with van der Waals surface area (Å²) >= 11 is 1.61. The van der Waals surface area contributed by atoms with Crippen LogP contribution in [0.2, 0.25) is 0 Å². The first-order chi connectivity index (χ1) is 9.63. The molecule has 1 aliphatic rings. The van der Waals surface area contributed by atoms with E-state index in [4.69, 9.17) is 4.74 Å². The molecular weight excluding hydrogens is 276 g/mol. The van der Waals surface area contributed by atoms with Crippen LogP contribution in [-0.2, 0) is 14.3 Å². The SMILES string of the molecule is COC1CNC(C(=O)Nc2cccc(SC)c2)CC1=O. The van der Waals surface area contributed by atoms with Crippen LogP contribution in [0.4, 0.5) is 5.69 Å². The Morgan fingerprint density at radius 1 is 1.50 bits per heavy atom. The summed E-state index contributed by atoms with van der Waals surface area (Å²) in [5.74, 6) is -0.226. The van der Waals surface area contributed by atoms with E-state index in [-0.39, 0.29) is 18.1 Å². The molecule has 0 spiro atoms. The molecule has 0 saturated carbocycles. The fraction of sp³-hybridized carbons (Fsp3) is 0.429. The Hall–Kier alpha value is -1.37. The summed E-state index contributed by atoms with van der Waals surface area (Å²) in [6.07, 6.45) is 1.69. The first kappa shape index (κ1) is 15.0. The van der Waals surface area contributed by atoms with Crippen molar-refractivity contribution in [3.8, 4) is 0 Å². The second-order valence-electron chi connectivity index (χ2n) is 4.58. The summed E-state index contributed by atoms with van der Waals surface area (Å²) < 4.78 is 5.03. The Labute approximate surface area is 122 Å². The molecular formula is C14H18N2O3S. The van der Waals surface area contributed by atoms with Crippen molar-refractivity contribution in [2.24, 2.45) is 0 Å². The van der Waals surface area contributed by atoms with E-state index < -0.39 is 12.1 Å². The number of hydrogen-bond donors (Lipinski definition) is 2. The van der Waals surface area contributed by atoms with Gasteiger partial charge in [-0.2, -0.15) is 0 Å². The second-order valence-corrected chi connectivity index (χ2v) is 5.46. The highest BCUT2D eigenvalue weighted by Gasteiger charge is 2.31. The van der Waals surface area contributed by atoms with E-state index >= 15 is 0 Å². The molecule has 1 heterocycles. The Kier molecular flexibility index (Phi) is 5.17. The first-order valence-electron chi connectivity index (χ1n) is 6.38. The highest BCUT2D eigenvalue weighted by molar-refractivity contribution is 7.98. The lowest BCUT2D eigenvalue weighted by molar-refractivity contribution is -0.134. The molecule has 1 aromatic rings. The van der Waals surface area contributed by atoms with E-state index in [9.17, 15) is 9.59 Å². The number of ether oxygens (including phenoxy) is 1. The number of anilines is 1. The normalized spacial score (nSPS) is 22.6. The predicted molar refractivity (Wildman–Crippen MR) is 79.1 cm³/mol. The van der Waals surface area contributed by atoms with Crippen molar-refractivity contribution in [3.63, 3.8) is 0 Å². The van der Waals surface area contributed by atoms with Crippen molar-refractivity contribution in [1.29, 1.82) is 0 Å². The number of methoxy groups -OCH3 is 1. The van der Waals surface area contributed by atoms with E-state index in [0.717, 1.165) is 10.6 Å². The molecule has 1 amide bonds. The van der Waals surface area contributed by atoms with E-state index in [1.54, 1.807) is 11.8 Å². The molecule has 0 radical (unpaired) electrons. The summed E-state index contributed by atoms with van der Waals surface area (Å²) in [5, 5.41) is 5.87. The van der Waals surface area contributed by atoms with Crippen molar-refractivity contribution < 1.29 is 14.3 Å². The van der Waals surface area contributed by atoms with Crippen LogP contribution in [0, 0.1) is 0 Å². The molecule has 1 aliphatic heterocycles. The number of thioether (sulfide) groups is 1. The Morgan fingerprint density at radius 2 is 2.30 bits per heavy atom. The number of amides is 1. The fourth-order valence-corrected chi connectivity index (χ4v) is 2.56. The summed E-state index contributed by atoms with van der Waals surface area (Å²) in [7, 11) is 1.50. The van der Waals surface area contributed by atoms with Gasteiger partial charge < -0.3 is 15.4 Å². The van der Waals surface area contributed by atoms with Crippen LogP contribution < -0.4 is 10.6 Å². The zero-order valence-electron chi connectivity index (χ0n) is 11.5. The van der Waals surface area contributed by atoms with Gasteiger partial charge in [-0.25, -0.2) is 0 Å². The summed E-state index contributed by atoms with van der Waals surface area (Å²) in [4.78, 5) is 25.0. The molecule has 1 aromatic carbocycles. The number of carbonyl (C=O) groups is 2. The summed E-state index contributed by atoms with van der Waals surface area (Å²) in [5.41, 5.74) is 0.741. The predicted octanol–water partition coefficient (Wildman–Crippen LogP) is 1.29. The number of Topliss-reactive ketones (excluding diaryl/α,β-unsaturated/α-hetero) is 1. The van der Waals surface area contributed by atoms with E-state index in [1.807, 2.05) is 30.5 Å². The van der Waals surface area contributed by atoms with E-state index in [2.05, 4.69) is 10.6 Å². The second kappa shape index (κ2) is 6.88. The lowest BCUT2D eigenvalue weighted by atomic mass is 10.0. The number of nitrogens with one attached hydrogen (secondary N) is 2. The van der Waals surface area contributed by atoms with Gasteiger partial charge in [0.2, 0.25) is 5.91 Å². The van der Waals surface area contributed by atoms with E-state index in [1.165, 1.54) is 7.11 Å². The van der Waals surface area contributed by atoms with Crippen LogP contribution in [0.1, 0.15) is 6.42 Å². The molecule has 2 atom stereocenters. The smallest absolute Gasteiger partial charge is 0.241 e. The van der Waals surface area contributed by atoms with Crippen molar-refractivity contribution in [1.82, 2.24) is 5.32 Å². The first-order valence-corrected chi connectivity index (χ1v) is 7.60. The maximum absolute atomic E-state index is 12.1. The molecule has 2 rings (SSSR count). The fourth-order valence-electron chi connectivity index (χ4n) is 2.10. The topological polar surface area (TPSA) is 67.4 Å².